The molecule has 1 aliphatic heterocycles. The monoisotopic (exact) mass is 344 g/mol. The Hall–Kier alpha value is -2.18. The molecule has 24 heavy (non-hydrogen) atoms. The molecule has 0 bridgehead atoms. The van der Waals surface area contributed by atoms with E-state index >= 15 is 0 Å². The summed E-state index contributed by atoms with van der Waals surface area (Å²) in [5, 5.41) is 4.95. The van der Waals surface area contributed by atoms with E-state index in [-0.39, 0.29) is 11.7 Å². The van der Waals surface area contributed by atoms with Gasteiger partial charge in [0.25, 0.3) is 0 Å². The molecule has 1 heterocycles. The fourth-order valence-electron chi connectivity index (χ4n) is 2.87. The highest BCUT2D eigenvalue weighted by Gasteiger charge is 2.27. The first-order valence-electron chi connectivity index (χ1n) is 7.98. The number of rotatable bonds is 5. The SMILES string of the molecule is O=C(C=Cc1cccc2ccccc12)NCCN1CCCS1(=O)=O. The van der Waals surface area contributed by atoms with E-state index in [0.717, 1.165) is 16.3 Å². The molecule has 1 saturated heterocycles. The molecule has 0 unspecified atom stereocenters. The van der Waals surface area contributed by atoms with Crippen molar-refractivity contribution in [3.05, 3.63) is 54.1 Å². The first-order valence-corrected chi connectivity index (χ1v) is 9.59. The summed E-state index contributed by atoms with van der Waals surface area (Å²) in [6, 6.07) is 13.9. The molecule has 0 atom stereocenters. The molecule has 1 aliphatic rings. The second-order valence-corrected chi connectivity index (χ2v) is 7.85. The van der Waals surface area contributed by atoms with Gasteiger partial charge in [0, 0.05) is 25.7 Å². The molecule has 126 valence electrons. The predicted molar refractivity (Wildman–Crippen MR) is 96.0 cm³/mol. The molecule has 1 N–H and O–H groups in total. The summed E-state index contributed by atoms with van der Waals surface area (Å²) in [5.41, 5.74) is 0.977. The van der Waals surface area contributed by atoms with Crippen LogP contribution in [0.3, 0.4) is 0 Å². The molecule has 1 fully saturated rings. The van der Waals surface area contributed by atoms with Gasteiger partial charge in [-0.2, -0.15) is 0 Å². The molecule has 2 aromatic rings. The van der Waals surface area contributed by atoms with Gasteiger partial charge in [-0.15, -0.1) is 0 Å². The number of hydrogen-bond acceptors (Lipinski definition) is 3. The normalized spacial score (nSPS) is 17.5. The Labute approximate surface area is 142 Å². The molecular formula is C18H20N2O3S. The first-order chi connectivity index (χ1) is 11.6. The lowest BCUT2D eigenvalue weighted by Crippen LogP contribution is -2.35. The number of fused-ring (bicyclic) bond motifs is 1. The van der Waals surface area contributed by atoms with Gasteiger partial charge in [0.2, 0.25) is 15.9 Å². The number of carbonyl (C=O) groups excluding carboxylic acids is 1. The van der Waals surface area contributed by atoms with Crippen molar-refractivity contribution in [1.29, 1.82) is 0 Å². The maximum atomic E-state index is 11.9. The summed E-state index contributed by atoms with van der Waals surface area (Å²) >= 11 is 0. The van der Waals surface area contributed by atoms with Gasteiger partial charge in [-0.25, -0.2) is 12.7 Å². The third kappa shape index (κ3) is 3.83. The fourth-order valence-corrected chi connectivity index (χ4v) is 4.40. The molecular weight excluding hydrogens is 324 g/mol. The quantitative estimate of drug-likeness (QED) is 0.844. The van der Waals surface area contributed by atoms with Crippen LogP contribution < -0.4 is 5.32 Å². The van der Waals surface area contributed by atoms with Crippen LogP contribution in [-0.2, 0) is 14.8 Å². The van der Waals surface area contributed by atoms with Gasteiger partial charge in [-0.05, 0) is 28.8 Å². The van der Waals surface area contributed by atoms with Gasteiger partial charge < -0.3 is 5.32 Å². The Kier molecular flexibility index (Phi) is 4.97. The second kappa shape index (κ2) is 7.15. The lowest BCUT2D eigenvalue weighted by atomic mass is 10.0. The van der Waals surface area contributed by atoms with Crippen LogP contribution in [0.25, 0.3) is 16.8 Å². The van der Waals surface area contributed by atoms with Crippen molar-refractivity contribution in [2.24, 2.45) is 0 Å². The Morgan fingerprint density at radius 3 is 2.75 bits per heavy atom. The minimum atomic E-state index is -3.10. The van der Waals surface area contributed by atoms with Crippen LogP contribution in [0.15, 0.2) is 48.5 Å². The van der Waals surface area contributed by atoms with E-state index < -0.39 is 10.0 Å². The van der Waals surface area contributed by atoms with Gasteiger partial charge in [0.15, 0.2) is 0 Å². The van der Waals surface area contributed by atoms with Crippen LogP contribution >= 0.6 is 0 Å². The van der Waals surface area contributed by atoms with Crippen LogP contribution in [0, 0.1) is 0 Å². The summed E-state index contributed by atoms with van der Waals surface area (Å²) in [5.74, 6) is -0.0124. The van der Waals surface area contributed by atoms with Gasteiger partial charge in [-0.1, -0.05) is 42.5 Å². The highest BCUT2D eigenvalue weighted by molar-refractivity contribution is 7.89. The van der Waals surface area contributed by atoms with E-state index in [1.807, 2.05) is 42.5 Å². The zero-order valence-corrected chi connectivity index (χ0v) is 14.1. The number of nitrogens with one attached hydrogen (secondary N) is 1. The van der Waals surface area contributed by atoms with Gasteiger partial charge in [0.1, 0.15) is 0 Å². The number of benzene rings is 2. The highest BCUT2D eigenvalue weighted by Crippen LogP contribution is 2.19. The van der Waals surface area contributed by atoms with Crippen LogP contribution in [0.4, 0.5) is 0 Å². The van der Waals surface area contributed by atoms with E-state index in [1.54, 1.807) is 6.08 Å². The Balaban J connectivity index is 1.57. The third-order valence-electron chi connectivity index (χ3n) is 4.10. The summed E-state index contributed by atoms with van der Waals surface area (Å²) in [4.78, 5) is 11.9. The van der Waals surface area contributed by atoms with Crippen molar-refractivity contribution in [3.8, 4) is 0 Å². The summed E-state index contributed by atoms with van der Waals surface area (Å²) < 4.78 is 24.8. The topological polar surface area (TPSA) is 66.5 Å². The zero-order valence-electron chi connectivity index (χ0n) is 13.3. The second-order valence-electron chi connectivity index (χ2n) is 5.76. The Morgan fingerprint density at radius 1 is 1.17 bits per heavy atom. The molecule has 6 heteroatoms. The van der Waals surface area contributed by atoms with Gasteiger partial charge in [0.05, 0.1) is 5.75 Å². The molecule has 5 nitrogen and oxygen atoms in total. The zero-order chi connectivity index (χ0) is 17.0. The maximum Gasteiger partial charge on any atom is 0.244 e. The largest absolute Gasteiger partial charge is 0.351 e. The Bertz CT molecular complexity index is 869. The molecule has 2 aromatic carbocycles. The van der Waals surface area contributed by atoms with Crippen molar-refractivity contribution >= 4 is 32.8 Å². The van der Waals surface area contributed by atoms with Crippen molar-refractivity contribution in [2.75, 3.05) is 25.4 Å². The van der Waals surface area contributed by atoms with Crippen LogP contribution in [0.2, 0.25) is 0 Å². The smallest absolute Gasteiger partial charge is 0.244 e. The predicted octanol–water partition coefficient (Wildman–Crippen LogP) is 2.00. The van der Waals surface area contributed by atoms with E-state index in [4.69, 9.17) is 0 Å². The molecule has 0 saturated carbocycles. The van der Waals surface area contributed by atoms with Crippen LogP contribution in [0.1, 0.15) is 12.0 Å². The summed E-state index contributed by atoms with van der Waals surface area (Å²) in [7, 11) is -3.10. The van der Waals surface area contributed by atoms with E-state index in [2.05, 4.69) is 5.32 Å². The van der Waals surface area contributed by atoms with Crippen LogP contribution in [0.5, 0.6) is 0 Å². The number of hydrogen-bond donors (Lipinski definition) is 1. The average molecular weight is 344 g/mol. The first kappa shape index (κ1) is 16.7. The molecule has 0 radical (unpaired) electrons. The third-order valence-corrected chi connectivity index (χ3v) is 6.06. The van der Waals surface area contributed by atoms with E-state index in [1.165, 1.54) is 10.4 Å². The number of carbonyl (C=O) groups is 1. The lowest BCUT2D eigenvalue weighted by Gasteiger charge is -2.13. The van der Waals surface area contributed by atoms with Gasteiger partial charge >= 0.3 is 0 Å². The van der Waals surface area contributed by atoms with Gasteiger partial charge in [-0.3, -0.25) is 4.79 Å². The van der Waals surface area contributed by atoms with Crippen molar-refractivity contribution in [2.45, 2.75) is 6.42 Å². The van der Waals surface area contributed by atoms with Crippen molar-refractivity contribution in [3.63, 3.8) is 0 Å². The average Bonchev–Trinajstić information content (AvgIpc) is 2.91. The maximum absolute atomic E-state index is 11.9. The Morgan fingerprint density at radius 2 is 1.96 bits per heavy atom. The molecule has 0 aromatic heterocycles. The minimum absolute atomic E-state index is 0.210. The fraction of sp³-hybridized carbons (Fsp3) is 0.278. The minimum Gasteiger partial charge on any atom is -0.351 e. The molecule has 0 spiro atoms. The number of amides is 1. The molecule has 3 rings (SSSR count). The van der Waals surface area contributed by atoms with E-state index in [0.29, 0.717) is 26.1 Å². The van der Waals surface area contributed by atoms with Crippen molar-refractivity contribution in [1.82, 2.24) is 9.62 Å². The standard InChI is InChI=1S/C18H20N2O3S/c21-18(19-11-13-20-12-4-14-24(20,22)23)10-9-16-7-3-6-15-5-1-2-8-17(15)16/h1-3,5-10H,4,11-14H2,(H,19,21). The highest BCUT2D eigenvalue weighted by atomic mass is 32.2. The van der Waals surface area contributed by atoms with Crippen LogP contribution in [-0.4, -0.2) is 44.0 Å². The summed E-state index contributed by atoms with van der Waals surface area (Å²) in [6.45, 7) is 1.19. The number of sulfonamides is 1. The van der Waals surface area contributed by atoms with Crippen molar-refractivity contribution < 1.29 is 13.2 Å². The number of nitrogens with zero attached hydrogens (tertiary/aromatic N) is 1. The lowest BCUT2D eigenvalue weighted by molar-refractivity contribution is -0.116. The summed E-state index contributed by atoms with van der Waals surface area (Å²) in [6.07, 6.45) is 3.93. The molecule has 0 aliphatic carbocycles. The van der Waals surface area contributed by atoms with E-state index in [9.17, 15) is 13.2 Å². The molecule has 1 amide bonds.